The highest BCUT2D eigenvalue weighted by atomic mass is 19.1. The predicted octanol–water partition coefficient (Wildman–Crippen LogP) is 2.30. The third kappa shape index (κ3) is 2.51. The highest BCUT2D eigenvalue weighted by Gasteiger charge is 2.14. The topological polar surface area (TPSA) is 50.7 Å². The molecule has 1 heterocycles. The summed E-state index contributed by atoms with van der Waals surface area (Å²) in [5, 5.41) is 3.84. The summed E-state index contributed by atoms with van der Waals surface area (Å²) in [6, 6.07) is 13.8. The minimum absolute atomic E-state index is 0.0292. The van der Waals surface area contributed by atoms with Gasteiger partial charge in [-0.2, -0.15) is 0 Å². The summed E-state index contributed by atoms with van der Waals surface area (Å²) in [5.74, 6) is -0.141. The number of hydrogen-bond acceptors (Lipinski definition) is 3. The molecular formula is C15H11FN2O2. The molecule has 0 aliphatic carbocycles. The van der Waals surface area contributed by atoms with Gasteiger partial charge in [-0.05, 0) is 35.4 Å². The number of carbonyl (C=O) groups is 1. The van der Waals surface area contributed by atoms with Crippen molar-refractivity contribution in [3.63, 3.8) is 0 Å². The molecule has 0 fully saturated rings. The van der Waals surface area contributed by atoms with Crippen molar-refractivity contribution in [2.24, 2.45) is 5.10 Å². The maximum atomic E-state index is 12.9. The number of nitrogens with zero attached hydrogens (tertiary/aromatic N) is 1. The number of benzene rings is 2. The van der Waals surface area contributed by atoms with Crippen molar-refractivity contribution in [1.29, 1.82) is 0 Å². The molecule has 0 bridgehead atoms. The van der Waals surface area contributed by atoms with Gasteiger partial charge in [0, 0.05) is 5.56 Å². The van der Waals surface area contributed by atoms with Gasteiger partial charge in [0.15, 0.2) is 6.61 Å². The van der Waals surface area contributed by atoms with Gasteiger partial charge in [0.05, 0.1) is 0 Å². The van der Waals surface area contributed by atoms with E-state index in [1.165, 1.54) is 12.1 Å². The number of rotatable bonds is 2. The fraction of sp³-hybridized carbons (Fsp3) is 0.0667. The number of amides is 1. The standard InChI is InChI=1S/C15H11FN2O2/c16-13-7-5-11(6-8-13)10-1-3-12(4-2-10)15-18-17-14(19)9-20-15/h1-8H,9H2,(H,17,19). The van der Waals surface area contributed by atoms with Crippen molar-refractivity contribution in [2.75, 3.05) is 6.61 Å². The molecule has 0 saturated heterocycles. The lowest BCUT2D eigenvalue weighted by atomic mass is 10.0. The lowest BCUT2D eigenvalue weighted by Crippen LogP contribution is -2.32. The molecule has 0 unspecified atom stereocenters. The van der Waals surface area contributed by atoms with Crippen LogP contribution in [-0.4, -0.2) is 18.4 Å². The molecule has 0 aromatic heterocycles. The molecule has 0 radical (unpaired) electrons. The molecular weight excluding hydrogens is 259 g/mol. The first-order chi connectivity index (χ1) is 9.72. The molecule has 2 aromatic rings. The van der Waals surface area contributed by atoms with Crippen molar-refractivity contribution in [3.8, 4) is 11.1 Å². The molecule has 3 rings (SSSR count). The molecule has 1 aliphatic rings. The third-order valence-corrected chi connectivity index (χ3v) is 2.93. The fourth-order valence-electron chi connectivity index (χ4n) is 1.91. The van der Waals surface area contributed by atoms with Crippen molar-refractivity contribution in [3.05, 3.63) is 59.9 Å². The van der Waals surface area contributed by atoms with E-state index in [9.17, 15) is 9.18 Å². The smallest absolute Gasteiger partial charge is 0.278 e. The van der Waals surface area contributed by atoms with E-state index in [-0.39, 0.29) is 18.3 Å². The number of nitrogens with one attached hydrogen (secondary N) is 1. The van der Waals surface area contributed by atoms with E-state index in [1.807, 2.05) is 24.3 Å². The molecule has 0 saturated carbocycles. The Bertz CT molecular complexity index is 663. The second-order valence-corrected chi connectivity index (χ2v) is 4.32. The van der Waals surface area contributed by atoms with Gasteiger partial charge in [0.2, 0.25) is 5.90 Å². The van der Waals surface area contributed by atoms with E-state index in [1.54, 1.807) is 12.1 Å². The van der Waals surface area contributed by atoms with E-state index >= 15 is 0 Å². The Balaban J connectivity index is 1.84. The minimum atomic E-state index is -0.267. The second kappa shape index (κ2) is 5.13. The maximum absolute atomic E-state index is 12.9. The van der Waals surface area contributed by atoms with Crippen molar-refractivity contribution < 1.29 is 13.9 Å². The quantitative estimate of drug-likeness (QED) is 0.910. The Labute approximate surface area is 114 Å². The number of halogens is 1. The molecule has 1 amide bonds. The molecule has 2 aromatic carbocycles. The monoisotopic (exact) mass is 270 g/mol. The van der Waals surface area contributed by atoms with Crippen LogP contribution in [-0.2, 0) is 9.53 Å². The zero-order valence-electron chi connectivity index (χ0n) is 10.5. The summed E-state index contributed by atoms with van der Waals surface area (Å²) in [6.07, 6.45) is 0. The zero-order valence-corrected chi connectivity index (χ0v) is 10.5. The van der Waals surface area contributed by atoms with Gasteiger partial charge >= 0.3 is 0 Å². The summed E-state index contributed by atoms with van der Waals surface area (Å²) in [7, 11) is 0. The first kappa shape index (κ1) is 12.3. The fourth-order valence-corrected chi connectivity index (χ4v) is 1.91. The van der Waals surface area contributed by atoms with Crippen molar-refractivity contribution in [2.45, 2.75) is 0 Å². The summed E-state index contributed by atoms with van der Waals surface area (Å²) in [6.45, 7) is -0.0292. The third-order valence-electron chi connectivity index (χ3n) is 2.93. The summed E-state index contributed by atoms with van der Waals surface area (Å²) in [5.41, 5.74) is 5.03. The van der Waals surface area contributed by atoms with Gasteiger partial charge in [-0.25, -0.2) is 9.82 Å². The molecule has 1 N–H and O–H groups in total. The lowest BCUT2D eigenvalue weighted by molar-refractivity contribution is -0.124. The van der Waals surface area contributed by atoms with Crippen LogP contribution < -0.4 is 5.43 Å². The highest BCUT2D eigenvalue weighted by molar-refractivity contribution is 5.98. The molecule has 0 atom stereocenters. The normalized spacial score (nSPS) is 14.2. The highest BCUT2D eigenvalue weighted by Crippen LogP contribution is 2.20. The van der Waals surface area contributed by atoms with Crippen LogP contribution in [0.4, 0.5) is 4.39 Å². The van der Waals surface area contributed by atoms with Crippen LogP contribution in [0.3, 0.4) is 0 Å². The average molecular weight is 270 g/mol. The molecule has 4 nitrogen and oxygen atoms in total. The van der Waals surface area contributed by atoms with E-state index in [0.29, 0.717) is 5.90 Å². The SMILES string of the molecule is O=C1COC(c2ccc(-c3ccc(F)cc3)cc2)=NN1. The number of ether oxygens (including phenoxy) is 1. The van der Waals surface area contributed by atoms with Crippen LogP contribution in [0, 0.1) is 5.82 Å². The predicted molar refractivity (Wildman–Crippen MR) is 72.5 cm³/mol. The van der Waals surface area contributed by atoms with Gasteiger partial charge < -0.3 is 4.74 Å². The van der Waals surface area contributed by atoms with Gasteiger partial charge in [0.1, 0.15) is 5.82 Å². The van der Waals surface area contributed by atoms with Crippen LogP contribution in [0.5, 0.6) is 0 Å². The van der Waals surface area contributed by atoms with Gasteiger partial charge in [0.25, 0.3) is 5.91 Å². The molecule has 1 aliphatic heterocycles. The average Bonchev–Trinajstić information content (AvgIpc) is 2.49. The second-order valence-electron chi connectivity index (χ2n) is 4.32. The number of hydrazone groups is 1. The Hall–Kier alpha value is -2.69. The Morgan fingerprint density at radius 3 is 2.05 bits per heavy atom. The van der Waals surface area contributed by atoms with Gasteiger partial charge in [-0.3, -0.25) is 4.79 Å². The van der Waals surface area contributed by atoms with E-state index in [0.717, 1.165) is 16.7 Å². The van der Waals surface area contributed by atoms with Crippen LogP contribution >= 0.6 is 0 Å². The lowest BCUT2D eigenvalue weighted by Gasteiger charge is -2.13. The van der Waals surface area contributed by atoms with Gasteiger partial charge in [-0.15, -0.1) is 5.10 Å². The summed E-state index contributed by atoms with van der Waals surface area (Å²) < 4.78 is 18.1. The molecule has 100 valence electrons. The van der Waals surface area contributed by atoms with Crippen LogP contribution in [0.25, 0.3) is 11.1 Å². The summed E-state index contributed by atoms with van der Waals surface area (Å²) >= 11 is 0. The number of hydrogen-bond donors (Lipinski definition) is 1. The zero-order chi connectivity index (χ0) is 13.9. The van der Waals surface area contributed by atoms with E-state index < -0.39 is 0 Å². The minimum Gasteiger partial charge on any atom is -0.466 e. The number of carbonyl (C=O) groups excluding carboxylic acids is 1. The molecule has 0 spiro atoms. The first-order valence-electron chi connectivity index (χ1n) is 6.08. The van der Waals surface area contributed by atoms with Crippen molar-refractivity contribution in [1.82, 2.24) is 5.43 Å². The molecule has 20 heavy (non-hydrogen) atoms. The van der Waals surface area contributed by atoms with Crippen LogP contribution in [0.1, 0.15) is 5.56 Å². The Morgan fingerprint density at radius 2 is 1.50 bits per heavy atom. The summed E-state index contributed by atoms with van der Waals surface area (Å²) in [4.78, 5) is 10.9. The van der Waals surface area contributed by atoms with Crippen LogP contribution in [0.15, 0.2) is 53.6 Å². The first-order valence-corrected chi connectivity index (χ1v) is 6.08. The molecule has 5 heteroatoms. The maximum Gasteiger partial charge on any atom is 0.278 e. The van der Waals surface area contributed by atoms with E-state index in [4.69, 9.17) is 4.74 Å². The largest absolute Gasteiger partial charge is 0.466 e. The Morgan fingerprint density at radius 1 is 0.950 bits per heavy atom. The van der Waals surface area contributed by atoms with Crippen LogP contribution in [0.2, 0.25) is 0 Å². The van der Waals surface area contributed by atoms with E-state index in [2.05, 4.69) is 10.5 Å². The van der Waals surface area contributed by atoms with Gasteiger partial charge in [-0.1, -0.05) is 24.3 Å². The Kier molecular flexibility index (Phi) is 3.16. The van der Waals surface area contributed by atoms with Crippen molar-refractivity contribution >= 4 is 11.8 Å².